The van der Waals surface area contributed by atoms with Gasteiger partial charge in [0.15, 0.2) is 5.75 Å². The summed E-state index contributed by atoms with van der Waals surface area (Å²) < 4.78 is 10.4. The van der Waals surface area contributed by atoms with E-state index in [1.807, 2.05) is 12.1 Å². The third kappa shape index (κ3) is 1.10. The highest BCUT2D eigenvalue weighted by atomic mass is 16.5. The molecule has 0 amide bonds. The predicted octanol–water partition coefficient (Wildman–Crippen LogP) is 0.670. The molecule has 1 heterocycles. The van der Waals surface area contributed by atoms with Crippen LogP contribution in [0.1, 0.15) is 11.6 Å². The van der Waals surface area contributed by atoms with E-state index in [0.29, 0.717) is 23.8 Å². The number of ether oxygens (including phenoxy) is 2. The zero-order chi connectivity index (χ0) is 9.42. The fourth-order valence-corrected chi connectivity index (χ4v) is 1.49. The van der Waals surface area contributed by atoms with Crippen molar-refractivity contribution in [3.05, 3.63) is 17.7 Å². The second kappa shape index (κ2) is 2.81. The number of nitrogen functional groups attached to an aromatic ring is 1. The van der Waals surface area contributed by atoms with Crippen molar-refractivity contribution in [2.24, 2.45) is 5.73 Å². The highest BCUT2D eigenvalue weighted by Gasteiger charge is 2.24. The highest BCUT2D eigenvalue weighted by molar-refractivity contribution is 5.67. The van der Waals surface area contributed by atoms with Gasteiger partial charge in [0.2, 0.25) is 0 Å². The van der Waals surface area contributed by atoms with Gasteiger partial charge in [0.25, 0.3) is 0 Å². The number of benzene rings is 1. The minimum atomic E-state index is -0.0665. The van der Waals surface area contributed by atoms with Crippen molar-refractivity contribution in [2.75, 3.05) is 19.5 Å². The topological polar surface area (TPSA) is 70.5 Å². The Labute approximate surface area is 76.4 Å². The monoisotopic (exact) mass is 180 g/mol. The lowest BCUT2D eigenvalue weighted by Crippen LogP contribution is -2.10. The summed E-state index contributed by atoms with van der Waals surface area (Å²) in [6, 6.07) is 3.63. The molecule has 1 aromatic rings. The zero-order valence-corrected chi connectivity index (χ0v) is 7.41. The van der Waals surface area contributed by atoms with Gasteiger partial charge in [-0.1, -0.05) is 0 Å². The van der Waals surface area contributed by atoms with Crippen LogP contribution >= 0.6 is 0 Å². The molecule has 1 unspecified atom stereocenters. The summed E-state index contributed by atoms with van der Waals surface area (Å²) in [5.74, 6) is 1.31. The van der Waals surface area contributed by atoms with Gasteiger partial charge < -0.3 is 20.9 Å². The average molecular weight is 180 g/mol. The van der Waals surface area contributed by atoms with Crippen LogP contribution in [0.15, 0.2) is 12.1 Å². The number of methoxy groups -OCH3 is 1. The van der Waals surface area contributed by atoms with E-state index in [4.69, 9.17) is 20.9 Å². The van der Waals surface area contributed by atoms with Gasteiger partial charge in [-0.25, -0.2) is 0 Å². The quantitative estimate of drug-likeness (QED) is 0.623. The highest BCUT2D eigenvalue weighted by Crippen LogP contribution is 2.41. The van der Waals surface area contributed by atoms with Crippen LogP contribution in [-0.2, 0) is 0 Å². The lowest BCUT2D eigenvalue weighted by molar-refractivity contribution is 0.333. The van der Waals surface area contributed by atoms with Crippen molar-refractivity contribution in [3.63, 3.8) is 0 Å². The molecule has 4 nitrogen and oxygen atoms in total. The lowest BCUT2D eigenvalue weighted by atomic mass is 10.1. The molecule has 13 heavy (non-hydrogen) atoms. The molecular formula is C9H12N2O2. The first kappa shape index (κ1) is 8.19. The number of anilines is 1. The second-order valence-corrected chi connectivity index (χ2v) is 3.02. The van der Waals surface area contributed by atoms with Gasteiger partial charge in [-0.2, -0.15) is 0 Å². The van der Waals surface area contributed by atoms with E-state index in [2.05, 4.69) is 0 Å². The van der Waals surface area contributed by atoms with Crippen LogP contribution in [0.3, 0.4) is 0 Å². The smallest absolute Gasteiger partial charge is 0.151 e. The van der Waals surface area contributed by atoms with Crippen molar-refractivity contribution >= 4 is 5.69 Å². The number of rotatable bonds is 1. The molecule has 2 rings (SSSR count). The van der Waals surface area contributed by atoms with E-state index in [1.54, 1.807) is 7.11 Å². The van der Waals surface area contributed by atoms with Crippen LogP contribution in [0.2, 0.25) is 0 Å². The van der Waals surface area contributed by atoms with Crippen molar-refractivity contribution in [1.29, 1.82) is 0 Å². The molecule has 0 aromatic heterocycles. The molecule has 1 aromatic carbocycles. The summed E-state index contributed by atoms with van der Waals surface area (Å²) in [6.45, 7) is 0.493. The summed E-state index contributed by atoms with van der Waals surface area (Å²) in [5.41, 5.74) is 13.1. The van der Waals surface area contributed by atoms with Gasteiger partial charge in [-0.3, -0.25) is 0 Å². The van der Waals surface area contributed by atoms with Crippen LogP contribution in [0.4, 0.5) is 5.69 Å². The molecule has 1 aliphatic rings. The molecule has 0 saturated heterocycles. The minimum absolute atomic E-state index is 0.0665. The molecule has 0 fully saturated rings. The van der Waals surface area contributed by atoms with Gasteiger partial charge in [0.1, 0.15) is 18.0 Å². The maximum Gasteiger partial charge on any atom is 0.151 e. The molecular weight excluding hydrogens is 168 g/mol. The van der Waals surface area contributed by atoms with Crippen LogP contribution < -0.4 is 20.9 Å². The average Bonchev–Trinajstić information content (AvgIpc) is 2.50. The summed E-state index contributed by atoms with van der Waals surface area (Å²) in [4.78, 5) is 0. The zero-order valence-electron chi connectivity index (χ0n) is 7.41. The Morgan fingerprint density at radius 1 is 1.54 bits per heavy atom. The number of fused-ring (bicyclic) bond motifs is 1. The first-order valence-electron chi connectivity index (χ1n) is 4.08. The Hall–Kier alpha value is -1.42. The van der Waals surface area contributed by atoms with Crippen LogP contribution in [0, 0.1) is 0 Å². The molecule has 4 N–H and O–H groups in total. The van der Waals surface area contributed by atoms with E-state index in [0.717, 1.165) is 5.56 Å². The van der Waals surface area contributed by atoms with Gasteiger partial charge in [-0.05, 0) is 12.1 Å². The van der Waals surface area contributed by atoms with E-state index in [-0.39, 0.29) is 6.04 Å². The van der Waals surface area contributed by atoms with Gasteiger partial charge in [0, 0.05) is 5.56 Å². The predicted molar refractivity (Wildman–Crippen MR) is 49.8 cm³/mol. The number of hydrogen-bond donors (Lipinski definition) is 2. The van der Waals surface area contributed by atoms with Gasteiger partial charge >= 0.3 is 0 Å². The summed E-state index contributed by atoms with van der Waals surface area (Å²) >= 11 is 0. The van der Waals surface area contributed by atoms with Crippen molar-refractivity contribution < 1.29 is 9.47 Å². The SMILES string of the molecule is COc1ccc2c(c1N)OCC2N. The van der Waals surface area contributed by atoms with Crippen LogP contribution in [0.5, 0.6) is 11.5 Å². The molecule has 70 valence electrons. The Balaban J connectivity index is 2.54. The molecule has 4 heteroatoms. The van der Waals surface area contributed by atoms with Crippen LogP contribution in [-0.4, -0.2) is 13.7 Å². The molecule has 0 spiro atoms. The van der Waals surface area contributed by atoms with Gasteiger partial charge in [0.05, 0.1) is 13.2 Å². The largest absolute Gasteiger partial charge is 0.494 e. The van der Waals surface area contributed by atoms with E-state index in [1.165, 1.54) is 0 Å². The fourth-order valence-electron chi connectivity index (χ4n) is 1.49. The molecule has 0 radical (unpaired) electrons. The van der Waals surface area contributed by atoms with Crippen molar-refractivity contribution in [2.45, 2.75) is 6.04 Å². The van der Waals surface area contributed by atoms with E-state index < -0.39 is 0 Å². The Morgan fingerprint density at radius 2 is 2.31 bits per heavy atom. The second-order valence-electron chi connectivity index (χ2n) is 3.02. The maximum absolute atomic E-state index is 5.80. The van der Waals surface area contributed by atoms with Gasteiger partial charge in [-0.15, -0.1) is 0 Å². The lowest BCUT2D eigenvalue weighted by Gasteiger charge is -2.08. The van der Waals surface area contributed by atoms with E-state index in [9.17, 15) is 0 Å². The number of hydrogen-bond acceptors (Lipinski definition) is 4. The molecule has 0 saturated carbocycles. The molecule has 0 bridgehead atoms. The summed E-state index contributed by atoms with van der Waals surface area (Å²) in [5, 5.41) is 0. The van der Waals surface area contributed by atoms with Crippen molar-refractivity contribution in [3.8, 4) is 11.5 Å². The first-order valence-corrected chi connectivity index (χ1v) is 4.08. The Morgan fingerprint density at radius 3 is 3.00 bits per heavy atom. The molecule has 1 atom stereocenters. The fraction of sp³-hybridized carbons (Fsp3) is 0.333. The Bertz CT molecular complexity index is 339. The number of nitrogens with two attached hydrogens (primary N) is 2. The maximum atomic E-state index is 5.80. The third-order valence-electron chi connectivity index (χ3n) is 2.21. The standard InChI is InChI=1S/C9H12N2O2/c1-12-7-3-2-5-6(10)4-13-9(5)8(7)11/h2-3,6H,4,10-11H2,1H3. The Kier molecular flexibility index (Phi) is 1.77. The summed E-state index contributed by atoms with van der Waals surface area (Å²) in [6.07, 6.45) is 0. The minimum Gasteiger partial charge on any atom is -0.494 e. The molecule has 0 aliphatic carbocycles. The first-order chi connectivity index (χ1) is 6.24. The molecule has 1 aliphatic heterocycles. The third-order valence-corrected chi connectivity index (χ3v) is 2.21. The van der Waals surface area contributed by atoms with Crippen LogP contribution in [0.25, 0.3) is 0 Å². The normalized spacial score (nSPS) is 19.4. The van der Waals surface area contributed by atoms with Crippen molar-refractivity contribution in [1.82, 2.24) is 0 Å². The summed E-state index contributed by atoms with van der Waals surface area (Å²) in [7, 11) is 1.58. The van der Waals surface area contributed by atoms with E-state index >= 15 is 0 Å².